The van der Waals surface area contributed by atoms with E-state index in [1.807, 2.05) is 12.2 Å². The molecule has 2 nitrogen and oxygen atoms in total. The highest BCUT2D eigenvalue weighted by molar-refractivity contribution is 9.10. The molecule has 0 aromatic heterocycles. The maximum Gasteiger partial charge on any atom is 0.254 e. The number of carbonyl (C=O) groups excluding carboxylic acids is 1. The predicted octanol–water partition coefficient (Wildman–Crippen LogP) is 3.04. The summed E-state index contributed by atoms with van der Waals surface area (Å²) in [4.78, 5) is 11.8. The Morgan fingerprint density at radius 3 is 2.75 bits per heavy atom. The summed E-state index contributed by atoms with van der Waals surface area (Å²) in [5.41, 5.74) is 0.0845. The molecule has 0 fully saturated rings. The molecular weight excluding hydrogens is 273 g/mol. The van der Waals surface area contributed by atoms with Gasteiger partial charge in [-0.25, -0.2) is 4.39 Å². The Morgan fingerprint density at radius 1 is 1.38 bits per heavy atom. The van der Waals surface area contributed by atoms with Crippen molar-refractivity contribution in [2.24, 2.45) is 0 Å². The lowest BCUT2D eigenvalue weighted by Crippen LogP contribution is -2.33. The van der Waals surface area contributed by atoms with Gasteiger partial charge >= 0.3 is 0 Å². The Morgan fingerprint density at radius 2 is 2.06 bits per heavy atom. The van der Waals surface area contributed by atoms with Gasteiger partial charge in [0.1, 0.15) is 5.82 Å². The summed E-state index contributed by atoms with van der Waals surface area (Å²) >= 11 is 3.22. The molecule has 0 heterocycles. The van der Waals surface area contributed by atoms with Crippen LogP contribution in [0.25, 0.3) is 0 Å². The van der Waals surface area contributed by atoms with Crippen LogP contribution in [0.5, 0.6) is 0 Å². The van der Waals surface area contributed by atoms with Crippen LogP contribution in [-0.4, -0.2) is 11.9 Å². The molecule has 0 atom stereocenters. The minimum absolute atomic E-state index is 0.0845. The Balaban J connectivity index is 2.10. The third-order valence-corrected chi connectivity index (χ3v) is 3.01. The first-order valence-electron chi connectivity index (χ1n) is 5.08. The fourth-order valence-corrected chi connectivity index (χ4v) is 2.03. The van der Waals surface area contributed by atoms with Gasteiger partial charge in [0, 0.05) is 10.5 Å². The van der Waals surface area contributed by atoms with E-state index in [-0.39, 0.29) is 17.5 Å². The maximum atomic E-state index is 13.4. The molecule has 1 N–H and O–H groups in total. The van der Waals surface area contributed by atoms with Crippen LogP contribution in [0.2, 0.25) is 0 Å². The van der Waals surface area contributed by atoms with E-state index in [1.54, 1.807) is 6.07 Å². The molecule has 1 amide bonds. The second-order valence-electron chi connectivity index (χ2n) is 3.74. The molecule has 0 saturated heterocycles. The van der Waals surface area contributed by atoms with E-state index in [1.165, 1.54) is 12.1 Å². The average Bonchev–Trinajstić information content (AvgIpc) is 2.74. The molecule has 1 aromatic carbocycles. The van der Waals surface area contributed by atoms with Gasteiger partial charge in [-0.3, -0.25) is 4.79 Å². The molecule has 1 aliphatic rings. The van der Waals surface area contributed by atoms with Crippen LogP contribution in [0.15, 0.2) is 34.8 Å². The van der Waals surface area contributed by atoms with Crippen LogP contribution in [0.1, 0.15) is 23.2 Å². The van der Waals surface area contributed by atoms with Crippen molar-refractivity contribution in [3.05, 3.63) is 46.2 Å². The Kier molecular flexibility index (Phi) is 3.39. The molecule has 2 rings (SSSR count). The highest BCUT2D eigenvalue weighted by Crippen LogP contribution is 2.17. The van der Waals surface area contributed by atoms with Crippen molar-refractivity contribution in [3.63, 3.8) is 0 Å². The summed E-state index contributed by atoms with van der Waals surface area (Å²) in [6, 6.07) is 4.45. The van der Waals surface area contributed by atoms with E-state index in [9.17, 15) is 9.18 Å². The largest absolute Gasteiger partial charge is 0.349 e. The molecule has 0 bridgehead atoms. The van der Waals surface area contributed by atoms with E-state index in [2.05, 4.69) is 21.2 Å². The quantitative estimate of drug-likeness (QED) is 0.831. The lowest BCUT2D eigenvalue weighted by atomic mass is 10.1. The highest BCUT2D eigenvalue weighted by Gasteiger charge is 2.17. The predicted molar refractivity (Wildman–Crippen MR) is 63.7 cm³/mol. The van der Waals surface area contributed by atoms with Crippen LogP contribution >= 0.6 is 15.9 Å². The van der Waals surface area contributed by atoms with Crippen LogP contribution in [0.4, 0.5) is 4.39 Å². The van der Waals surface area contributed by atoms with Gasteiger partial charge in [-0.05, 0) is 31.0 Å². The zero-order valence-corrected chi connectivity index (χ0v) is 10.1. The molecule has 0 unspecified atom stereocenters. The van der Waals surface area contributed by atoms with Crippen molar-refractivity contribution in [2.45, 2.75) is 18.9 Å². The standard InChI is InChI=1S/C12H11BrFNO/c13-8-5-6-11(14)10(7-8)12(16)15-9-3-1-2-4-9/h1-2,5-7,9H,3-4H2,(H,15,16). The first kappa shape index (κ1) is 11.3. The third-order valence-electron chi connectivity index (χ3n) is 2.52. The molecule has 84 valence electrons. The minimum Gasteiger partial charge on any atom is -0.349 e. The minimum atomic E-state index is -0.494. The van der Waals surface area contributed by atoms with Gasteiger partial charge < -0.3 is 5.32 Å². The molecule has 0 saturated carbocycles. The van der Waals surface area contributed by atoms with E-state index >= 15 is 0 Å². The molecule has 1 aromatic rings. The number of hydrogen-bond donors (Lipinski definition) is 1. The van der Waals surface area contributed by atoms with Gasteiger partial charge in [0.05, 0.1) is 5.56 Å². The summed E-state index contributed by atoms with van der Waals surface area (Å²) in [6.07, 6.45) is 5.67. The van der Waals surface area contributed by atoms with Crippen molar-refractivity contribution in [3.8, 4) is 0 Å². The van der Waals surface area contributed by atoms with E-state index in [4.69, 9.17) is 0 Å². The second-order valence-corrected chi connectivity index (χ2v) is 4.65. The zero-order valence-electron chi connectivity index (χ0n) is 8.54. The first-order valence-corrected chi connectivity index (χ1v) is 5.87. The first-order chi connectivity index (χ1) is 7.66. The molecule has 0 aliphatic heterocycles. The Labute approximate surface area is 102 Å². The van der Waals surface area contributed by atoms with Crippen molar-refractivity contribution >= 4 is 21.8 Å². The lowest BCUT2D eigenvalue weighted by Gasteiger charge is -2.12. The van der Waals surface area contributed by atoms with Gasteiger partial charge in [0.25, 0.3) is 5.91 Å². The van der Waals surface area contributed by atoms with Crippen LogP contribution in [0, 0.1) is 5.82 Å². The zero-order chi connectivity index (χ0) is 11.5. The fourth-order valence-electron chi connectivity index (χ4n) is 1.67. The fraction of sp³-hybridized carbons (Fsp3) is 0.250. The number of rotatable bonds is 2. The van der Waals surface area contributed by atoms with Crippen LogP contribution < -0.4 is 5.32 Å². The van der Waals surface area contributed by atoms with Gasteiger partial charge in [-0.2, -0.15) is 0 Å². The molecular formula is C12H11BrFNO. The molecule has 0 spiro atoms. The number of nitrogens with one attached hydrogen (secondary N) is 1. The number of halogens is 2. The third kappa shape index (κ3) is 2.50. The molecule has 4 heteroatoms. The van der Waals surface area contributed by atoms with E-state index in [0.29, 0.717) is 4.47 Å². The van der Waals surface area contributed by atoms with Gasteiger partial charge in [-0.1, -0.05) is 28.1 Å². The topological polar surface area (TPSA) is 29.1 Å². The van der Waals surface area contributed by atoms with E-state index in [0.717, 1.165) is 12.8 Å². The Bertz CT molecular complexity index is 437. The van der Waals surface area contributed by atoms with Gasteiger partial charge in [0.15, 0.2) is 0 Å². The highest BCUT2D eigenvalue weighted by atomic mass is 79.9. The Hall–Kier alpha value is -1.16. The van der Waals surface area contributed by atoms with Crippen LogP contribution in [0.3, 0.4) is 0 Å². The number of hydrogen-bond acceptors (Lipinski definition) is 1. The van der Waals surface area contributed by atoms with Crippen molar-refractivity contribution < 1.29 is 9.18 Å². The summed E-state index contributed by atoms with van der Waals surface area (Å²) in [5.74, 6) is -0.848. The maximum absolute atomic E-state index is 13.4. The summed E-state index contributed by atoms with van der Waals surface area (Å²) in [7, 11) is 0. The van der Waals surface area contributed by atoms with Crippen molar-refractivity contribution in [1.29, 1.82) is 0 Å². The normalized spacial score (nSPS) is 15.4. The van der Waals surface area contributed by atoms with Gasteiger partial charge in [0.2, 0.25) is 0 Å². The summed E-state index contributed by atoms with van der Waals surface area (Å²) < 4.78 is 14.1. The lowest BCUT2D eigenvalue weighted by molar-refractivity contribution is 0.0935. The smallest absolute Gasteiger partial charge is 0.254 e. The average molecular weight is 284 g/mol. The summed E-state index contributed by atoms with van der Waals surface area (Å²) in [5, 5.41) is 2.80. The number of carbonyl (C=O) groups is 1. The molecule has 16 heavy (non-hydrogen) atoms. The second kappa shape index (κ2) is 4.78. The molecule has 0 radical (unpaired) electrons. The van der Waals surface area contributed by atoms with Crippen LogP contribution in [-0.2, 0) is 0 Å². The number of amides is 1. The molecule has 1 aliphatic carbocycles. The SMILES string of the molecule is O=C(NC1CC=CC1)c1cc(Br)ccc1F. The van der Waals surface area contributed by atoms with E-state index < -0.39 is 5.82 Å². The van der Waals surface area contributed by atoms with Crippen molar-refractivity contribution in [2.75, 3.05) is 0 Å². The van der Waals surface area contributed by atoms with Gasteiger partial charge in [-0.15, -0.1) is 0 Å². The number of benzene rings is 1. The van der Waals surface area contributed by atoms with Crippen molar-refractivity contribution in [1.82, 2.24) is 5.32 Å². The monoisotopic (exact) mass is 283 g/mol. The summed E-state index contributed by atoms with van der Waals surface area (Å²) in [6.45, 7) is 0.